The van der Waals surface area contributed by atoms with Gasteiger partial charge in [-0.05, 0) is 19.8 Å². The molecular formula is C11H22N2O2. The quantitative estimate of drug-likeness (QED) is 0.706. The first-order valence-electron chi connectivity index (χ1n) is 5.77. The summed E-state index contributed by atoms with van der Waals surface area (Å²) in [6.07, 6.45) is 2.80. The molecule has 4 nitrogen and oxygen atoms in total. The zero-order valence-electron chi connectivity index (χ0n) is 9.66. The van der Waals surface area contributed by atoms with Crippen LogP contribution < -0.4 is 11.1 Å². The van der Waals surface area contributed by atoms with Crippen LogP contribution in [0.5, 0.6) is 0 Å². The Hall–Kier alpha value is -0.610. The standard InChI is InChI=1S/C11H22N2O2/c1-3-10-9(4-5-15-10)7-13-11(14)6-8(2)12/h8-10H,3-7,12H2,1-2H3,(H,13,14). The number of ether oxygens (including phenoxy) is 1. The SMILES string of the molecule is CCC1OCCC1CNC(=O)CC(C)N. The second kappa shape index (κ2) is 6.08. The molecule has 15 heavy (non-hydrogen) atoms. The van der Waals surface area contributed by atoms with Crippen LogP contribution >= 0.6 is 0 Å². The lowest BCUT2D eigenvalue weighted by Gasteiger charge is -2.17. The van der Waals surface area contributed by atoms with Crippen LogP contribution in [0, 0.1) is 5.92 Å². The Morgan fingerprint density at radius 2 is 2.40 bits per heavy atom. The number of carbonyl (C=O) groups is 1. The Labute approximate surface area is 91.5 Å². The van der Waals surface area contributed by atoms with Gasteiger partial charge in [-0.15, -0.1) is 0 Å². The van der Waals surface area contributed by atoms with Crippen molar-refractivity contribution in [2.75, 3.05) is 13.2 Å². The van der Waals surface area contributed by atoms with E-state index in [1.54, 1.807) is 0 Å². The van der Waals surface area contributed by atoms with E-state index in [0.717, 1.165) is 26.0 Å². The van der Waals surface area contributed by atoms with E-state index in [9.17, 15) is 4.79 Å². The fourth-order valence-corrected chi connectivity index (χ4v) is 1.99. The summed E-state index contributed by atoms with van der Waals surface area (Å²) in [5.41, 5.74) is 5.54. The van der Waals surface area contributed by atoms with E-state index >= 15 is 0 Å². The van der Waals surface area contributed by atoms with E-state index in [4.69, 9.17) is 10.5 Å². The maximum absolute atomic E-state index is 11.4. The topological polar surface area (TPSA) is 64.3 Å². The smallest absolute Gasteiger partial charge is 0.221 e. The molecule has 1 aliphatic heterocycles. The van der Waals surface area contributed by atoms with Crippen LogP contribution in [0.2, 0.25) is 0 Å². The summed E-state index contributed by atoms with van der Waals surface area (Å²) in [5.74, 6) is 0.527. The third-order valence-corrected chi connectivity index (χ3v) is 2.82. The fraction of sp³-hybridized carbons (Fsp3) is 0.909. The molecule has 1 fully saturated rings. The van der Waals surface area contributed by atoms with E-state index < -0.39 is 0 Å². The van der Waals surface area contributed by atoms with Crippen LogP contribution in [-0.2, 0) is 9.53 Å². The lowest BCUT2D eigenvalue weighted by Crippen LogP contribution is -2.35. The number of nitrogens with two attached hydrogens (primary N) is 1. The van der Waals surface area contributed by atoms with Gasteiger partial charge in [0.15, 0.2) is 0 Å². The van der Waals surface area contributed by atoms with Gasteiger partial charge in [0.25, 0.3) is 0 Å². The van der Waals surface area contributed by atoms with E-state index in [1.165, 1.54) is 0 Å². The average molecular weight is 214 g/mol. The van der Waals surface area contributed by atoms with Crippen molar-refractivity contribution in [3.63, 3.8) is 0 Å². The second-order valence-electron chi connectivity index (χ2n) is 4.35. The summed E-state index contributed by atoms with van der Waals surface area (Å²) < 4.78 is 5.55. The van der Waals surface area contributed by atoms with Gasteiger partial charge in [-0.2, -0.15) is 0 Å². The Morgan fingerprint density at radius 3 is 3.00 bits per heavy atom. The van der Waals surface area contributed by atoms with E-state index in [0.29, 0.717) is 18.4 Å². The van der Waals surface area contributed by atoms with Gasteiger partial charge in [0, 0.05) is 31.5 Å². The van der Waals surface area contributed by atoms with Crippen molar-refractivity contribution in [1.29, 1.82) is 0 Å². The molecule has 0 aromatic rings. The lowest BCUT2D eigenvalue weighted by atomic mass is 9.99. The van der Waals surface area contributed by atoms with Crippen LogP contribution in [-0.4, -0.2) is 31.2 Å². The van der Waals surface area contributed by atoms with Crippen molar-refractivity contribution in [2.45, 2.75) is 45.3 Å². The number of amides is 1. The number of hydrogen-bond acceptors (Lipinski definition) is 3. The lowest BCUT2D eigenvalue weighted by molar-refractivity contribution is -0.121. The van der Waals surface area contributed by atoms with E-state index in [-0.39, 0.29) is 11.9 Å². The number of nitrogens with one attached hydrogen (secondary N) is 1. The highest BCUT2D eigenvalue weighted by Crippen LogP contribution is 2.22. The predicted molar refractivity (Wildman–Crippen MR) is 59.4 cm³/mol. The fourth-order valence-electron chi connectivity index (χ4n) is 1.99. The van der Waals surface area contributed by atoms with Crippen LogP contribution in [0.3, 0.4) is 0 Å². The van der Waals surface area contributed by atoms with Crippen LogP contribution in [0.25, 0.3) is 0 Å². The summed E-state index contributed by atoms with van der Waals surface area (Å²) >= 11 is 0. The van der Waals surface area contributed by atoms with Gasteiger partial charge >= 0.3 is 0 Å². The molecule has 88 valence electrons. The summed E-state index contributed by atoms with van der Waals surface area (Å²) in [4.78, 5) is 11.4. The number of carbonyl (C=O) groups excluding carboxylic acids is 1. The minimum Gasteiger partial charge on any atom is -0.378 e. The highest BCUT2D eigenvalue weighted by molar-refractivity contribution is 5.76. The second-order valence-corrected chi connectivity index (χ2v) is 4.35. The summed E-state index contributed by atoms with van der Waals surface area (Å²) in [7, 11) is 0. The molecule has 0 aliphatic carbocycles. The third-order valence-electron chi connectivity index (χ3n) is 2.82. The Balaban J connectivity index is 2.21. The molecule has 3 N–H and O–H groups in total. The van der Waals surface area contributed by atoms with Crippen LogP contribution in [0.15, 0.2) is 0 Å². The third kappa shape index (κ3) is 4.18. The maximum atomic E-state index is 11.4. The first-order valence-corrected chi connectivity index (χ1v) is 5.77. The van der Waals surface area contributed by atoms with Crippen LogP contribution in [0.1, 0.15) is 33.1 Å². The van der Waals surface area contributed by atoms with Crippen molar-refractivity contribution in [1.82, 2.24) is 5.32 Å². The Kier molecular flexibility index (Phi) is 5.05. The monoisotopic (exact) mass is 214 g/mol. The molecule has 0 aromatic carbocycles. The molecule has 1 heterocycles. The minimum absolute atomic E-state index is 0.0479. The molecule has 3 atom stereocenters. The van der Waals surface area contributed by atoms with Crippen LogP contribution in [0.4, 0.5) is 0 Å². The van der Waals surface area contributed by atoms with Crippen molar-refractivity contribution < 1.29 is 9.53 Å². The predicted octanol–water partition coefficient (Wildman–Crippen LogP) is 0.655. The average Bonchev–Trinajstić information content (AvgIpc) is 2.60. The molecule has 0 aromatic heterocycles. The highest BCUT2D eigenvalue weighted by atomic mass is 16.5. The van der Waals surface area contributed by atoms with Gasteiger partial charge < -0.3 is 15.8 Å². The minimum atomic E-state index is -0.0631. The van der Waals surface area contributed by atoms with Gasteiger partial charge in [-0.1, -0.05) is 6.92 Å². The molecule has 1 amide bonds. The van der Waals surface area contributed by atoms with Crippen molar-refractivity contribution >= 4 is 5.91 Å². The molecular weight excluding hydrogens is 192 g/mol. The normalized spacial score (nSPS) is 27.7. The largest absolute Gasteiger partial charge is 0.378 e. The first kappa shape index (κ1) is 12.5. The molecule has 1 saturated heterocycles. The van der Waals surface area contributed by atoms with Gasteiger partial charge in [0.2, 0.25) is 5.91 Å². The molecule has 0 radical (unpaired) electrons. The van der Waals surface area contributed by atoms with Crippen molar-refractivity contribution in [2.24, 2.45) is 11.7 Å². The molecule has 0 spiro atoms. The van der Waals surface area contributed by atoms with E-state index in [2.05, 4.69) is 12.2 Å². The zero-order valence-corrected chi connectivity index (χ0v) is 9.66. The maximum Gasteiger partial charge on any atom is 0.221 e. The summed E-state index contributed by atoms with van der Waals surface area (Å²) in [6, 6.07) is -0.0631. The number of rotatable bonds is 5. The van der Waals surface area contributed by atoms with Gasteiger partial charge in [-0.25, -0.2) is 0 Å². The summed E-state index contributed by atoms with van der Waals surface area (Å²) in [5, 5.41) is 2.92. The van der Waals surface area contributed by atoms with Crippen molar-refractivity contribution in [3.8, 4) is 0 Å². The summed E-state index contributed by atoms with van der Waals surface area (Å²) in [6.45, 7) is 5.51. The molecule has 3 unspecified atom stereocenters. The highest BCUT2D eigenvalue weighted by Gasteiger charge is 2.26. The molecule has 4 heteroatoms. The zero-order chi connectivity index (χ0) is 11.3. The van der Waals surface area contributed by atoms with Gasteiger partial charge in [0.1, 0.15) is 0 Å². The first-order chi connectivity index (χ1) is 7.13. The molecule has 1 rings (SSSR count). The molecule has 0 bridgehead atoms. The van der Waals surface area contributed by atoms with E-state index in [1.807, 2.05) is 6.92 Å². The van der Waals surface area contributed by atoms with Gasteiger partial charge in [0.05, 0.1) is 6.10 Å². The molecule has 0 saturated carbocycles. The Morgan fingerprint density at radius 1 is 1.67 bits per heavy atom. The molecule has 1 aliphatic rings. The Bertz CT molecular complexity index is 207. The number of hydrogen-bond donors (Lipinski definition) is 2. The van der Waals surface area contributed by atoms with Gasteiger partial charge in [-0.3, -0.25) is 4.79 Å². The van der Waals surface area contributed by atoms with Crippen molar-refractivity contribution in [3.05, 3.63) is 0 Å².